The molecule has 0 spiro atoms. The second kappa shape index (κ2) is 6.35. The van der Waals surface area contributed by atoms with Crippen LogP contribution in [0.5, 0.6) is 5.75 Å². The summed E-state index contributed by atoms with van der Waals surface area (Å²) < 4.78 is 32.9. The molecule has 0 bridgehead atoms. The predicted molar refractivity (Wildman–Crippen MR) is 78.9 cm³/mol. The van der Waals surface area contributed by atoms with Gasteiger partial charge in [0, 0.05) is 10.5 Å². The predicted octanol–water partition coefficient (Wildman–Crippen LogP) is 5.43. The molecule has 0 unspecified atom stereocenters. The summed E-state index contributed by atoms with van der Waals surface area (Å²) in [6.07, 6.45) is 0. The maximum Gasteiger partial charge on any atom is 0.126 e. The quantitative estimate of drug-likeness (QED) is 0.721. The fourth-order valence-corrected chi connectivity index (χ4v) is 2.34. The van der Waals surface area contributed by atoms with Crippen molar-refractivity contribution < 1.29 is 13.5 Å². The van der Waals surface area contributed by atoms with Gasteiger partial charge in [0.15, 0.2) is 0 Å². The van der Waals surface area contributed by atoms with Crippen molar-refractivity contribution >= 4 is 15.9 Å². The van der Waals surface area contributed by atoms with Gasteiger partial charge in [-0.2, -0.15) is 0 Å². The van der Waals surface area contributed by atoms with Crippen LogP contribution < -0.4 is 4.74 Å². The van der Waals surface area contributed by atoms with Crippen LogP contribution in [-0.2, 0) is 6.61 Å². The Hall–Kier alpha value is -1.42. The van der Waals surface area contributed by atoms with Gasteiger partial charge in [-0.25, -0.2) is 8.78 Å². The standard InChI is InChI=1S/C16H15BrF2O/c1-10(2)15-7-12(17)3-4-16(15)20-9-11-5-13(18)8-14(19)6-11/h3-8,10H,9H2,1-2H3. The Bertz CT molecular complexity index is 591. The second-order valence-electron chi connectivity index (χ2n) is 4.90. The fourth-order valence-electron chi connectivity index (χ4n) is 1.96. The normalized spacial score (nSPS) is 10.9. The molecule has 0 fully saturated rings. The molecular formula is C16H15BrF2O. The van der Waals surface area contributed by atoms with E-state index in [4.69, 9.17) is 4.74 Å². The van der Waals surface area contributed by atoms with Gasteiger partial charge in [0.25, 0.3) is 0 Å². The van der Waals surface area contributed by atoms with Crippen LogP contribution in [0.15, 0.2) is 40.9 Å². The van der Waals surface area contributed by atoms with Crippen molar-refractivity contribution in [3.8, 4) is 5.75 Å². The monoisotopic (exact) mass is 340 g/mol. The molecule has 20 heavy (non-hydrogen) atoms. The molecule has 0 atom stereocenters. The van der Waals surface area contributed by atoms with Crippen LogP contribution in [0.2, 0.25) is 0 Å². The molecule has 0 aliphatic heterocycles. The first-order valence-corrected chi connectivity index (χ1v) is 7.12. The van der Waals surface area contributed by atoms with Gasteiger partial charge in [-0.1, -0.05) is 29.8 Å². The lowest BCUT2D eigenvalue weighted by Crippen LogP contribution is -2.01. The van der Waals surface area contributed by atoms with Crippen molar-refractivity contribution in [2.24, 2.45) is 0 Å². The lowest BCUT2D eigenvalue weighted by Gasteiger charge is -2.14. The SMILES string of the molecule is CC(C)c1cc(Br)ccc1OCc1cc(F)cc(F)c1. The van der Waals surface area contributed by atoms with Gasteiger partial charge >= 0.3 is 0 Å². The van der Waals surface area contributed by atoms with Gasteiger partial charge in [-0.15, -0.1) is 0 Å². The summed E-state index contributed by atoms with van der Waals surface area (Å²) in [5.41, 5.74) is 1.52. The summed E-state index contributed by atoms with van der Waals surface area (Å²) in [4.78, 5) is 0. The lowest BCUT2D eigenvalue weighted by atomic mass is 10.0. The summed E-state index contributed by atoms with van der Waals surface area (Å²) >= 11 is 3.42. The van der Waals surface area contributed by atoms with Crippen molar-refractivity contribution in [3.05, 3.63) is 63.6 Å². The average molecular weight is 341 g/mol. The third kappa shape index (κ3) is 3.79. The van der Waals surface area contributed by atoms with E-state index in [1.165, 1.54) is 12.1 Å². The number of halogens is 3. The van der Waals surface area contributed by atoms with E-state index in [2.05, 4.69) is 29.8 Å². The Labute approximate surface area is 125 Å². The fraction of sp³-hybridized carbons (Fsp3) is 0.250. The van der Waals surface area contributed by atoms with E-state index in [0.717, 1.165) is 21.9 Å². The summed E-state index contributed by atoms with van der Waals surface area (Å²) in [7, 11) is 0. The van der Waals surface area contributed by atoms with E-state index in [-0.39, 0.29) is 6.61 Å². The Morgan fingerprint density at radius 2 is 1.70 bits per heavy atom. The summed E-state index contributed by atoms with van der Waals surface area (Å²) in [5, 5.41) is 0. The van der Waals surface area contributed by atoms with Crippen molar-refractivity contribution in [1.29, 1.82) is 0 Å². The Kier molecular flexibility index (Phi) is 4.76. The highest BCUT2D eigenvalue weighted by Gasteiger charge is 2.09. The van der Waals surface area contributed by atoms with E-state index in [0.29, 0.717) is 11.5 Å². The van der Waals surface area contributed by atoms with Crippen molar-refractivity contribution in [3.63, 3.8) is 0 Å². The van der Waals surface area contributed by atoms with Crippen LogP contribution >= 0.6 is 15.9 Å². The third-order valence-corrected chi connectivity index (χ3v) is 3.40. The van der Waals surface area contributed by atoms with Gasteiger partial charge < -0.3 is 4.74 Å². The van der Waals surface area contributed by atoms with E-state index in [1.54, 1.807) is 0 Å². The van der Waals surface area contributed by atoms with Crippen molar-refractivity contribution in [2.45, 2.75) is 26.4 Å². The Morgan fingerprint density at radius 3 is 2.30 bits per heavy atom. The minimum Gasteiger partial charge on any atom is -0.489 e. The van der Waals surface area contributed by atoms with Crippen LogP contribution in [0.25, 0.3) is 0 Å². The molecule has 4 heteroatoms. The zero-order valence-corrected chi connectivity index (χ0v) is 12.9. The van der Waals surface area contributed by atoms with E-state index >= 15 is 0 Å². The lowest BCUT2D eigenvalue weighted by molar-refractivity contribution is 0.300. The molecule has 0 saturated heterocycles. The number of hydrogen-bond donors (Lipinski definition) is 0. The summed E-state index contributed by atoms with van der Waals surface area (Å²) in [5.74, 6) is -0.161. The van der Waals surface area contributed by atoms with Crippen LogP contribution in [0.1, 0.15) is 30.9 Å². The van der Waals surface area contributed by atoms with Gasteiger partial charge in [0.2, 0.25) is 0 Å². The van der Waals surface area contributed by atoms with Crippen LogP contribution in [0, 0.1) is 11.6 Å². The Balaban J connectivity index is 2.18. The molecule has 0 heterocycles. The number of ether oxygens (including phenoxy) is 1. The molecule has 2 rings (SSSR count). The maximum absolute atomic E-state index is 13.1. The topological polar surface area (TPSA) is 9.23 Å². The molecule has 0 saturated carbocycles. The Morgan fingerprint density at radius 1 is 1.05 bits per heavy atom. The van der Waals surface area contributed by atoms with E-state index in [1.807, 2.05) is 18.2 Å². The number of rotatable bonds is 4. The number of benzene rings is 2. The van der Waals surface area contributed by atoms with Crippen LogP contribution in [-0.4, -0.2) is 0 Å². The van der Waals surface area contributed by atoms with Crippen LogP contribution in [0.3, 0.4) is 0 Å². The third-order valence-electron chi connectivity index (χ3n) is 2.91. The molecule has 106 valence electrons. The largest absolute Gasteiger partial charge is 0.489 e. The average Bonchev–Trinajstić information content (AvgIpc) is 2.36. The van der Waals surface area contributed by atoms with E-state index in [9.17, 15) is 8.78 Å². The van der Waals surface area contributed by atoms with Crippen LogP contribution in [0.4, 0.5) is 8.78 Å². The molecule has 0 N–H and O–H groups in total. The molecular weight excluding hydrogens is 326 g/mol. The molecule has 0 aromatic heterocycles. The minimum absolute atomic E-state index is 0.135. The van der Waals surface area contributed by atoms with Gasteiger partial charge in [-0.3, -0.25) is 0 Å². The zero-order valence-electron chi connectivity index (χ0n) is 11.3. The maximum atomic E-state index is 13.1. The van der Waals surface area contributed by atoms with Crippen molar-refractivity contribution in [1.82, 2.24) is 0 Å². The molecule has 1 nitrogen and oxygen atoms in total. The molecule has 2 aromatic carbocycles. The first kappa shape index (κ1) is 15.0. The zero-order chi connectivity index (χ0) is 14.7. The molecule has 0 radical (unpaired) electrons. The molecule has 2 aromatic rings. The number of hydrogen-bond acceptors (Lipinski definition) is 1. The molecule has 0 amide bonds. The molecule has 0 aliphatic carbocycles. The van der Waals surface area contributed by atoms with Gasteiger partial charge in [-0.05, 0) is 47.4 Å². The smallest absolute Gasteiger partial charge is 0.126 e. The highest BCUT2D eigenvalue weighted by atomic mass is 79.9. The summed E-state index contributed by atoms with van der Waals surface area (Å²) in [6.45, 7) is 4.27. The first-order valence-electron chi connectivity index (χ1n) is 6.33. The second-order valence-corrected chi connectivity index (χ2v) is 5.82. The highest BCUT2D eigenvalue weighted by Crippen LogP contribution is 2.30. The van der Waals surface area contributed by atoms with Crippen molar-refractivity contribution in [2.75, 3.05) is 0 Å². The summed E-state index contributed by atoms with van der Waals surface area (Å²) in [6, 6.07) is 9.13. The first-order chi connectivity index (χ1) is 9.45. The minimum atomic E-state index is -0.594. The van der Waals surface area contributed by atoms with Gasteiger partial charge in [0.1, 0.15) is 24.0 Å². The molecule has 0 aliphatic rings. The van der Waals surface area contributed by atoms with E-state index < -0.39 is 11.6 Å². The highest BCUT2D eigenvalue weighted by molar-refractivity contribution is 9.10. The van der Waals surface area contributed by atoms with Gasteiger partial charge in [0.05, 0.1) is 0 Å².